The lowest BCUT2D eigenvalue weighted by molar-refractivity contribution is 0.317. The highest BCUT2D eigenvalue weighted by molar-refractivity contribution is 5.25. The molecule has 0 saturated carbocycles. The van der Waals surface area contributed by atoms with Gasteiger partial charge in [0.15, 0.2) is 0 Å². The van der Waals surface area contributed by atoms with Gasteiger partial charge in [0.2, 0.25) is 0 Å². The van der Waals surface area contributed by atoms with E-state index in [9.17, 15) is 0 Å². The predicted molar refractivity (Wildman–Crippen MR) is 72.4 cm³/mol. The zero-order chi connectivity index (χ0) is 12.5. The minimum atomic E-state index is 0.145. The van der Waals surface area contributed by atoms with E-state index in [-0.39, 0.29) is 5.60 Å². The number of benzene rings is 1. The van der Waals surface area contributed by atoms with Crippen molar-refractivity contribution in [1.82, 2.24) is 0 Å². The van der Waals surface area contributed by atoms with E-state index in [1.165, 1.54) is 24.0 Å². The Kier molecular flexibility index (Phi) is 3.58. The summed E-state index contributed by atoms with van der Waals surface area (Å²) in [7, 11) is 0. The fourth-order valence-electron chi connectivity index (χ4n) is 2.39. The minimum absolute atomic E-state index is 0.145. The van der Waals surface area contributed by atoms with Crippen LogP contribution in [0.25, 0.3) is 0 Å². The summed E-state index contributed by atoms with van der Waals surface area (Å²) in [4.78, 5) is 0. The van der Waals surface area contributed by atoms with E-state index in [0.717, 1.165) is 6.42 Å². The molecule has 1 heteroatoms. The topological polar surface area (TPSA) is 12.5 Å². The molecule has 0 amide bonds. The fourth-order valence-corrected chi connectivity index (χ4v) is 2.39. The second kappa shape index (κ2) is 4.81. The molecule has 0 aliphatic carbocycles. The highest BCUT2D eigenvalue weighted by atomic mass is 16.6. The molecule has 94 valence electrons. The van der Waals surface area contributed by atoms with E-state index in [1.54, 1.807) is 0 Å². The molecular formula is C16H24O. The molecule has 1 aliphatic rings. The Morgan fingerprint density at radius 1 is 1.24 bits per heavy atom. The Hall–Kier alpha value is -0.820. The van der Waals surface area contributed by atoms with Gasteiger partial charge in [-0.1, -0.05) is 38.1 Å². The van der Waals surface area contributed by atoms with Gasteiger partial charge in [-0.25, -0.2) is 0 Å². The number of epoxide rings is 1. The third-order valence-electron chi connectivity index (χ3n) is 3.98. The van der Waals surface area contributed by atoms with Crippen LogP contribution in [0.2, 0.25) is 0 Å². The highest BCUT2D eigenvalue weighted by Crippen LogP contribution is 2.39. The van der Waals surface area contributed by atoms with Gasteiger partial charge in [0.05, 0.1) is 11.7 Å². The maximum absolute atomic E-state index is 5.63. The molecule has 2 unspecified atom stereocenters. The van der Waals surface area contributed by atoms with Gasteiger partial charge in [0.25, 0.3) is 0 Å². The molecule has 0 aromatic heterocycles. The van der Waals surface area contributed by atoms with Crippen LogP contribution in [-0.4, -0.2) is 11.7 Å². The first-order chi connectivity index (χ1) is 8.03. The second-order valence-corrected chi connectivity index (χ2v) is 5.78. The number of aryl methyl sites for hydroxylation is 1. The van der Waals surface area contributed by atoms with Crippen molar-refractivity contribution in [2.24, 2.45) is 0 Å². The normalized spacial score (nSPS) is 23.4. The summed E-state index contributed by atoms with van der Waals surface area (Å²) < 4.78 is 5.63. The molecule has 2 rings (SSSR count). The molecule has 1 fully saturated rings. The van der Waals surface area contributed by atoms with Gasteiger partial charge in [0, 0.05) is 0 Å². The molecule has 1 aliphatic heterocycles. The third kappa shape index (κ3) is 3.10. The molecule has 2 atom stereocenters. The molecule has 0 bridgehead atoms. The van der Waals surface area contributed by atoms with E-state index in [0.29, 0.717) is 12.0 Å². The van der Waals surface area contributed by atoms with Crippen molar-refractivity contribution in [2.75, 3.05) is 0 Å². The Balaban J connectivity index is 1.84. The number of rotatable bonds is 5. The second-order valence-electron chi connectivity index (χ2n) is 5.78. The van der Waals surface area contributed by atoms with Crippen LogP contribution < -0.4 is 0 Å². The highest BCUT2D eigenvalue weighted by Gasteiger charge is 2.46. The quantitative estimate of drug-likeness (QED) is 0.689. The lowest BCUT2D eigenvalue weighted by Crippen LogP contribution is -2.04. The fraction of sp³-hybridized carbons (Fsp3) is 0.625. The van der Waals surface area contributed by atoms with Crippen molar-refractivity contribution in [1.29, 1.82) is 0 Å². The average molecular weight is 232 g/mol. The van der Waals surface area contributed by atoms with Gasteiger partial charge >= 0.3 is 0 Å². The Labute approximate surface area is 105 Å². The monoisotopic (exact) mass is 232 g/mol. The summed E-state index contributed by atoms with van der Waals surface area (Å²) in [5.74, 6) is 0.640. The number of ether oxygens (including phenoxy) is 1. The van der Waals surface area contributed by atoms with Gasteiger partial charge in [0.1, 0.15) is 0 Å². The summed E-state index contributed by atoms with van der Waals surface area (Å²) in [6.45, 7) is 8.87. The van der Waals surface area contributed by atoms with Gasteiger partial charge in [-0.3, -0.25) is 0 Å². The van der Waals surface area contributed by atoms with Crippen LogP contribution in [0.15, 0.2) is 24.3 Å². The smallest absolute Gasteiger partial charge is 0.0892 e. The first-order valence-corrected chi connectivity index (χ1v) is 6.79. The molecular weight excluding hydrogens is 208 g/mol. The maximum atomic E-state index is 5.63. The first-order valence-electron chi connectivity index (χ1n) is 6.79. The van der Waals surface area contributed by atoms with Crippen LogP contribution in [0.5, 0.6) is 0 Å². The van der Waals surface area contributed by atoms with Gasteiger partial charge in [-0.15, -0.1) is 0 Å². The van der Waals surface area contributed by atoms with Crippen LogP contribution >= 0.6 is 0 Å². The van der Waals surface area contributed by atoms with Gasteiger partial charge < -0.3 is 4.74 Å². The number of hydrogen-bond donors (Lipinski definition) is 0. The SMILES string of the molecule is CCc1ccc(C(C)CCC2OC2(C)C)cc1. The lowest BCUT2D eigenvalue weighted by Gasteiger charge is -2.11. The van der Waals surface area contributed by atoms with E-state index < -0.39 is 0 Å². The summed E-state index contributed by atoms with van der Waals surface area (Å²) >= 11 is 0. The van der Waals surface area contributed by atoms with Crippen molar-refractivity contribution < 1.29 is 4.74 Å². The van der Waals surface area contributed by atoms with E-state index in [1.807, 2.05) is 0 Å². The first kappa shape index (κ1) is 12.6. The van der Waals surface area contributed by atoms with Crippen molar-refractivity contribution in [3.63, 3.8) is 0 Å². The Bertz CT molecular complexity index is 364. The predicted octanol–water partition coefficient (Wildman–Crippen LogP) is 4.31. The van der Waals surface area contributed by atoms with Crippen molar-refractivity contribution in [3.8, 4) is 0 Å². The third-order valence-corrected chi connectivity index (χ3v) is 3.98. The molecule has 1 aromatic carbocycles. The lowest BCUT2D eigenvalue weighted by atomic mass is 9.93. The van der Waals surface area contributed by atoms with E-state index in [4.69, 9.17) is 4.74 Å². The molecule has 1 heterocycles. The summed E-state index contributed by atoms with van der Waals surface area (Å²) in [6.07, 6.45) is 4.02. The molecule has 17 heavy (non-hydrogen) atoms. The standard InChI is InChI=1S/C16H24O/c1-5-13-7-9-14(10-8-13)12(2)6-11-15-16(3,4)17-15/h7-10,12,15H,5-6,11H2,1-4H3. The van der Waals surface area contributed by atoms with Crippen LogP contribution in [0.4, 0.5) is 0 Å². The average Bonchev–Trinajstić information content (AvgIpc) is 2.94. The zero-order valence-corrected chi connectivity index (χ0v) is 11.5. The van der Waals surface area contributed by atoms with Crippen LogP contribution in [-0.2, 0) is 11.2 Å². The summed E-state index contributed by atoms with van der Waals surface area (Å²) in [5.41, 5.74) is 3.03. The molecule has 1 nitrogen and oxygen atoms in total. The number of hydrogen-bond acceptors (Lipinski definition) is 1. The van der Waals surface area contributed by atoms with Gasteiger partial charge in [-0.2, -0.15) is 0 Å². The van der Waals surface area contributed by atoms with Crippen LogP contribution in [0.3, 0.4) is 0 Å². The molecule has 0 radical (unpaired) electrons. The molecule has 1 saturated heterocycles. The van der Waals surface area contributed by atoms with Crippen LogP contribution in [0, 0.1) is 0 Å². The zero-order valence-electron chi connectivity index (χ0n) is 11.5. The van der Waals surface area contributed by atoms with Crippen molar-refractivity contribution >= 4 is 0 Å². The largest absolute Gasteiger partial charge is 0.367 e. The molecule has 0 spiro atoms. The van der Waals surface area contributed by atoms with Crippen molar-refractivity contribution in [2.45, 2.75) is 64.6 Å². The van der Waals surface area contributed by atoms with Gasteiger partial charge in [-0.05, 0) is 50.2 Å². The Morgan fingerprint density at radius 3 is 2.29 bits per heavy atom. The maximum Gasteiger partial charge on any atom is 0.0892 e. The van der Waals surface area contributed by atoms with E-state index in [2.05, 4.69) is 52.0 Å². The minimum Gasteiger partial charge on any atom is -0.367 e. The van der Waals surface area contributed by atoms with Crippen LogP contribution in [0.1, 0.15) is 57.6 Å². The summed E-state index contributed by atoms with van der Waals surface area (Å²) in [5, 5.41) is 0. The summed E-state index contributed by atoms with van der Waals surface area (Å²) in [6, 6.07) is 9.07. The molecule has 0 N–H and O–H groups in total. The Morgan fingerprint density at radius 2 is 1.82 bits per heavy atom. The van der Waals surface area contributed by atoms with E-state index >= 15 is 0 Å². The molecule has 1 aromatic rings. The van der Waals surface area contributed by atoms with Crippen molar-refractivity contribution in [3.05, 3.63) is 35.4 Å².